The monoisotopic (exact) mass is 451 g/mol. The van der Waals surface area contributed by atoms with E-state index in [1.165, 1.54) is 26.0 Å². The van der Waals surface area contributed by atoms with Gasteiger partial charge in [-0.3, -0.25) is 4.79 Å². The molecule has 1 heterocycles. The van der Waals surface area contributed by atoms with Crippen LogP contribution in [0.5, 0.6) is 0 Å². The van der Waals surface area contributed by atoms with Crippen molar-refractivity contribution in [3.8, 4) is 0 Å². The number of likely N-dealkylation sites (tertiary alicyclic amines) is 1. The molecule has 164 valence electrons. The van der Waals surface area contributed by atoms with Gasteiger partial charge < -0.3 is 9.80 Å². The highest BCUT2D eigenvalue weighted by Gasteiger charge is 2.27. The Balaban J connectivity index is 0.00000320. The molecule has 6 nitrogen and oxygen atoms in total. The number of amides is 1. The summed E-state index contributed by atoms with van der Waals surface area (Å²) >= 11 is 0. The van der Waals surface area contributed by atoms with Gasteiger partial charge in [-0.1, -0.05) is 48.5 Å². The second kappa shape index (κ2) is 10.9. The van der Waals surface area contributed by atoms with Crippen molar-refractivity contribution < 1.29 is 13.2 Å². The van der Waals surface area contributed by atoms with Gasteiger partial charge in [0.1, 0.15) is 0 Å². The van der Waals surface area contributed by atoms with Crippen LogP contribution in [0, 0.1) is 0 Å². The average molecular weight is 452 g/mol. The van der Waals surface area contributed by atoms with Gasteiger partial charge in [0.05, 0.1) is 17.4 Å². The molecule has 1 N–H and O–H groups in total. The zero-order valence-corrected chi connectivity index (χ0v) is 19.1. The van der Waals surface area contributed by atoms with Crippen LogP contribution in [0.2, 0.25) is 0 Å². The summed E-state index contributed by atoms with van der Waals surface area (Å²) < 4.78 is 27.0. The number of nitrogens with one attached hydrogen (secondary N) is 1. The van der Waals surface area contributed by atoms with Crippen LogP contribution in [-0.4, -0.2) is 57.9 Å². The lowest BCUT2D eigenvalue weighted by Gasteiger charge is -2.32. The van der Waals surface area contributed by atoms with Crippen LogP contribution in [0.1, 0.15) is 30.0 Å². The first-order valence-corrected chi connectivity index (χ1v) is 11.4. The Kier molecular flexibility index (Phi) is 8.85. The van der Waals surface area contributed by atoms with Gasteiger partial charge in [0.25, 0.3) is 0 Å². The highest BCUT2D eigenvalue weighted by Crippen LogP contribution is 2.24. The molecule has 8 heteroatoms. The number of rotatable bonds is 8. The molecule has 1 fully saturated rings. The van der Waals surface area contributed by atoms with E-state index in [-0.39, 0.29) is 35.7 Å². The van der Waals surface area contributed by atoms with Crippen molar-refractivity contribution in [1.82, 2.24) is 14.5 Å². The SMILES string of the molecule is CNS(=O)(=O)c1ccccc1CC(=O)N(C)[C@H](CN1CCCC1)c1ccccc1.Cl. The zero-order valence-electron chi connectivity index (χ0n) is 17.5. The van der Waals surface area contributed by atoms with E-state index in [1.807, 2.05) is 37.4 Å². The van der Waals surface area contributed by atoms with E-state index in [4.69, 9.17) is 0 Å². The summed E-state index contributed by atoms with van der Waals surface area (Å²) in [6.07, 6.45) is 2.42. The number of likely N-dealkylation sites (N-methyl/N-ethyl adjacent to an activating group) is 1. The molecule has 0 spiro atoms. The minimum absolute atomic E-state index is 0. The summed E-state index contributed by atoms with van der Waals surface area (Å²) in [5.41, 5.74) is 1.60. The first kappa shape index (κ1) is 24.3. The van der Waals surface area contributed by atoms with Gasteiger partial charge in [-0.05, 0) is 50.2 Å². The van der Waals surface area contributed by atoms with Crippen molar-refractivity contribution in [2.45, 2.75) is 30.2 Å². The van der Waals surface area contributed by atoms with Crippen LogP contribution in [-0.2, 0) is 21.2 Å². The standard InChI is InChI=1S/C22H29N3O3S.ClH/c1-23-29(27,28)21-13-7-6-12-19(21)16-22(26)24(2)20(17-25-14-8-9-15-25)18-10-4-3-5-11-18;/h3-7,10-13,20,23H,8-9,14-17H2,1-2H3;1H/t20-;/m1./s1. The molecule has 1 atom stereocenters. The van der Waals surface area contributed by atoms with Crippen molar-refractivity contribution in [3.63, 3.8) is 0 Å². The van der Waals surface area contributed by atoms with E-state index in [9.17, 15) is 13.2 Å². The van der Waals surface area contributed by atoms with E-state index < -0.39 is 10.0 Å². The van der Waals surface area contributed by atoms with Gasteiger partial charge in [0.2, 0.25) is 15.9 Å². The molecule has 30 heavy (non-hydrogen) atoms. The van der Waals surface area contributed by atoms with E-state index in [2.05, 4.69) is 9.62 Å². The topological polar surface area (TPSA) is 69.7 Å². The fourth-order valence-corrected chi connectivity index (χ4v) is 4.78. The van der Waals surface area contributed by atoms with Crippen LogP contribution in [0.15, 0.2) is 59.5 Å². The molecule has 1 aliphatic rings. The third kappa shape index (κ3) is 5.82. The van der Waals surface area contributed by atoms with Crippen LogP contribution < -0.4 is 4.72 Å². The van der Waals surface area contributed by atoms with Gasteiger partial charge in [0.15, 0.2) is 0 Å². The van der Waals surface area contributed by atoms with Gasteiger partial charge in [-0.25, -0.2) is 13.1 Å². The average Bonchev–Trinajstić information content (AvgIpc) is 3.25. The Morgan fingerprint density at radius 1 is 1.07 bits per heavy atom. The lowest BCUT2D eigenvalue weighted by atomic mass is 10.0. The molecule has 0 aromatic heterocycles. The smallest absolute Gasteiger partial charge is 0.240 e. The molecule has 2 aromatic carbocycles. The second-order valence-corrected chi connectivity index (χ2v) is 9.29. The number of carbonyl (C=O) groups excluding carboxylic acids is 1. The Bertz CT molecular complexity index is 932. The van der Waals surface area contributed by atoms with Crippen molar-refractivity contribution >= 4 is 28.3 Å². The molecule has 0 bridgehead atoms. The molecule has 0 unspecified atom stereocenters. The van der Waals surface area contributed by atoms with E-state index >= 15 is 0 Å². The first-order chi connectivity index (χ1) is 13.9. The molecule has 1 aliphatic heterocycles. The summed E-state index contributed by atoms with van der Waals surface area (Å²) in [5, 5.41) is 0. The van der Waals surface area contributed by atoms with Crippen molar-refractivity contribution in [2.24, 2.45) is 0 Å². The molecular weight excluding hydrogens is 422 g/mol. The predicted octanol–water partition coefficient (Wildman–Crippen LogP) is 2.85. The van der Waals surface area contributed by atoms with Crippen LogP contribution in [0.3, 0.4) is 0 Å². The zero-order chi connectivity index (χ0) is 20.9. The molecule has 1 amide bonds. The van der Waals surface area contributed by atoms with Gasteiger partial charge in [-0.15, -0.1) is 12.4 Å². The summed E-state index contributed by atoms with van der Waals surface area (Å²) in [7, 11) is -0.433. The number of hydrogen-bond acceptors (Lipinski definition) is 4. The maximum Gasteiger partial charge on any atom is 0.240 e. The van der Waals surface area contributed by atoms with Crippen molar-refractivity contribution in [2.75, 3.05) is 33.7 Å². The summed E-state index contributed by atoms with van der Waals surface area (Å²) in [5.74, 6) is -0.100. The van der Waals surface area contributed by atoms with Crippen LogP contribution in [0.25, 0.3) is 0 Å². The number of carbonyl (C=O) groups is 1. The number of sulfonamides is 1. The number of hydrogen-bond donors (Lipinski definition) is 1. The summed E-state index contributed by atoms with van der Waals surface area (Å²) in [6, 6.07) is 16.6. The normalized spacial score (nSPS) is 15.4. The fraction of sp³-hybridized carbons (Fsp3) is 0.409. The van der Waals surface area contributed by atoms with Crippen molar-refractivity contribution in [3.05, 3.63) is 65.7 Å². The van der Waals surface area contributed by atoms with Gasteiger partial charge in [-0.2, -0.15) is 0 Å². The van der Waals surface area contributed by atoms with Crippen LogP contribution >= 0.6 is 12.4 Å². The fourth-order valence-electron chi connectivity index (χ4n) is 3.82. The minimum atomic E-state index is -3.62. The second-order valence-electron chi connectivity index (χ2n) is 7.43. The Morgan fingerprint density at radius 3 is 2.30 bits per heavy atom. The lowest BCUT2D eigenvalue weighted by Crippen LogP contribution is -2.39. The van der Waals surface area contributed by atoms with Crippen LogP contribution in [0.4, 0.5) is 0 Å². The van der Waals surface area contributed by atoms with E-state index in [0.717, 1.165) is 25.2 Å². The number of nitrogens with zero attached hydrogens (tertiary/aromatic N) is 2. The third-order valence-corrected chi connectivity index (χ3v) is 7.06. The predicted molar refractivity (Wildman–Crippen MR) is 121 cm³/mol. The molecule has 0 radical (unpaired) electrons. The molecule has 0 saturated carbocycles. The lowest BCUT2D eigenvalue weighted by molar-refractivity contribution is -0.131. The largest absolute Gasteiger partial charge is 0.337 e. The molecule has 1 saturated heterocycles. The molecule has 3 rings (SSSR count). The first-order valence-electron chi connectivity index (χ1n) is 9.97. The van der Waals surface area contributed by atoms with Crippen molar-refractivity contribution in [1.29, 1.82) is 0 Å². The highest BCUT2D eigenvalue weighted by molar-refractivity contribution is 7.89. The Hall–Kier alpha value is -1.93. The molecule has 2 aromatic rings. The Labute approximate surface area is 185 Å². The maximum atomic E-state index is 13.2. The quantitative estimate of drug-likeness (QED) is 0.670. The van der Waals surface area contributed by atoms with E-state index in [1.54, 1.807) is 23.1 Å². The maximum absolute atomic E-state index is 13.2. The molecule has 0 aliphatic carbocycles. The number of benzene rings is 2. The van der Waals surface area contributed by atoms with E-state index in [0.29, 0.717) is 5.56 Å². The summed E-state index contributed by atoms with van der Waals surface area (Å²) in [4.78, 5) is 17.5. The minimum Gasteiger partial charge on any atom is -0.337 e. The number of halogens is 1. The third-order valence-electron chi connectivity index (χ3n) is 5.55. The van der Waals surface area contributed by atoms with Gasteiger partial charge in [0, 0.05) is 13.6 Å². The molecular formula is C22H30ClN3O3S. The van der Waals surface area contributed by atoms with Gasteiger partial charge >= 0.3 is 0 Å². The highest BCUT2D eigenvalue weighted by atomic mass is 35.5. The summed E-state index contributed by atoms with van der Waals surface area (Å²) in [6.45, 7) is 2.88. The Morgan fingerprint density at radius 2 is 1.67 bits per heavy atom.